The third-order valence-electron chi connectivity index (χ3n) is 3.48. The molecule has 3 rings (SSSR count). The Kier molecular flexibility index (Phi) is 4.79. The second kappa shape index (κ2) is 7.16. The Balaban J connectivity index is 1.49. The van der Waals surface area contributed by atoms with Gasteiger partial charge in [-0.2, -0.15) is 0 Å². The molecule has 0 atom stereocenters. The smallest absolute Gasteiger partial charge is 0.319 e. The van der Waals surface area contributed by atoms with Crippen molar-refractivity contribution < 1.29 is 23.0 Å². The third-order valence-corrected chi connectivity index (χ3v) is 3.48. The average molecular weight is 334 g/mol. The average Bonchev–Trinajstić information content (AvgIpc) is 2.58. The fourth-order valence-electron chi connectivity index (χ4n) is 2.31. The summed E-state index contributed by atoms with van der Waals surface area (Å²) in [5.41, 5.74) is 1.18. The molecule has 0 radical (unpaired) electrons. The highest BCUT2D eigenvalue weighted by Crippen LogP contribution is 2.30. The van der Waals surface area contributed by atoms with Gasteiger partial charge in [-0.25, -0.2) is 13.6 Å². The molecule has 7 heteroatoms. The lowest BCUT2D eigenvalue weighted by Gasteiger charge is -2.18. The zero-order chi connectivity index (χ0) is 16.9. The van der Waals surface area contributed by atoms with Gasteiger partial charge in [-0.3, -0.25) is 0 Å². The minimum Gasteiger partial charge on any atom is -0.486 e. The maximum atomic E-state index is 13.1. The summed E-state index contributed by atoms with van der Waals surface area (Å²) in [6.45, 7) is 1.44. The number of amides is 2. The molecule has 126 valence electrons. The standard InChI is InChI=1S/C17H16F2N2O3/c18-13-3-2-12(10-14(13)19)21-17(22)20-6-5-11-1-4-15-16(9-11)24-8-7-23-15/h1-4,9-10H,5-8H2,(H2,20,21,22). The van der Waals surface area contributed by atoms with Crippen molar-refractivity contribution in [1.29, 1.82) is 0 Å². The molecule has 5 nitrogen and oxygen atoms in total. The Morgan fingerprint density at radius 1 is 1.00 bits per heavy atom. The normalized spacial score (nSPS) is 12.6. The van der Waals surface area contributed by atoms with Gasteiger partial charge < -0.3 is 20.1 Å². The highest BCUT2D eigenvalue weighted by Gasteiger charge is 2.11. The van der Waals surface area contributed by atoms with Crippen molar-refractivity contribution in [3.63, 3.8) is 0 Å². The van der Waals surface area contributed by atoms with Gasteiger partial charge in [0.2, 0.25) is 0 Å². The summed E-state index contributed by atoms with van der Waals surface area (Å²) in [6, 6.07) is 8.31. The van der Waals surface area contributed by atoms with E-state index in [4.69, 9.17) is 9.47 Å². The predicted molar refractivity (Wildman–Crippen MR) is 84.5 cm³/mol. The van der Waals surface area contributed by atoms with E-state index in [9.17, 15) is 13.6 Å². The van der Waals surface area contributed by atoms with Crippen LogP contribution in [-0.2, 0) is 6.42 Å². The third kappa shape index (κ3) is 3.92. The second-order valence-electron chi connectivity index (χ2n) is 5.24. The van der Waals surface area contributed by atoms with E-state index >= 15 is 0 Å². The molecule has 2 N–H and O–H groups in total. The largest absolute Gasteiger partial charge is 0.486 e. The summed E-state index contributed by atoms with van der Waals surface area (Å²) < 4.78 is 36.8. The van der Waals surface area contributed by atoms with Gasteiger partial charge in [0.1, 0.15) is 13.2 Å². The van der Waals surface area contributed by atoms with Gasteiger partial charge in [0.05, 0.1) is 0 Å². The van der Waals surface area contributed by atoms with E-state index in [1.165, 1.54) is 6.07 Å². The van der Waals surface area contributed by atoms with Gasteiger partial charge in [-0.15, -0.1) is 0 Å². The van der Waals surface area contributed by atoms with E-state index in [2.05, 4.69) is 10.6 Å². The second-order valence-corrected chi connectivity index (χ2v) is 5.24. The zero-order valence-electron chi connectivity index (χ0n) is 12.8. The maximum absolute atomic E-state index is 13.1. The fraction of sp³-hybridized carbons (Fsp3) is 0.235. The summed E-state index contributed by atoms with van der Waals surface area (Å²) in [5, 5.41) is 5.10. The van der Waals surface area contributed by atoms with Gasteiger partial charge in [0, 0.05) is 18.3 Å². The number of anilines is 1. The summed E-state index contributed by atoms with van der Waals surface area (Å²) in [5.74, 6) is -0.553. The number of halogens is 2. The van der Waals surface area contributed by atoms with Crippen LogP contribution in [0.2, 0.25) is 0 Å². The van der Waals surface area contributed by atoms with Crippen LogP contribution in [0.4, 0.5) is 19.3 Å². The molecule has 0 unspecified atom stereocenters. The van der Waals surface area contributed by atoms with Crippen LogP contribution in [0.1, 0.15) is 5.56 Å². The summed E-state index contributed by atoms with van der Waals surface area (Å²) >= 11 is 0. The van der Waals surface area contributed by atoms with Crippen LogP contribution in [-0.4, -0.2) is 25.8 Å². The van der Waals surface area contributed by atoms with Crippen molar-refractivity contribution >= 4 is 11.7 Å². The van der Waals surface area contributed by atoms with E-state index < -0.39 is 17.7 Å². The number of ether oxygens (including phenoxy) is 2. The monoisotopic (exact) mass is 334 g/mol. The molecule has 2 aromatic carbocycles. The molecule has 0 aliphatic carbocycles. The molecule has 2 aromatic rings. The van der Waals surface area contributed by atoms with Crippen LogP contribution in [0.5, 0.6) is 11.5 Å². The van der Waals surface area contributed by atoms with Crippen molar-refractivity contribution in [1.82, 2.24) is 5.32 Å². The minimum atomic E-state index is -1.01. The first kappa shape index (κ1) is 16.0. The SMILES string of the molecule is O=C(NCCc1ccc2c(c1)OCCO2)Nc1ccc(F)c(F)c1. The van der Waals surface area contributed by atoms with Gasteiger partial charge in [0.25, 0.3) is 0 Å². The molecule has 0 saturated carbocycles. The Morgan fingerprint density at radius 2 is 1.79 bits per heavy atom. The Morgan fingerprint density at radius 3 is 2.58 bits per heavy atom. The quantitative estimate of drug-likeness (QED) is 0.903. The van der Waals surface area contributed by atoms with Gasteiger partial charge in [-0.1, -0.05) is 6.07 Å². The van der Waals surface area contributed by atoms with Gasteiger partial charge in [0.15, 0.2) is 23.1 Å². The first-order chi connectivity index (χ1) is 11.6. The van der Waals surface area contributed by atoms with E-state index in [1.807, 2.05) is 18.2 Å². The lowest BCUT2D eigenvalue weighted by molar-refractivity contribution is 0.171. The van der Waals surface area contributed by atoms with E-state index in [0.29, 0.717) is 37.7 Å². The van der Waals surface area contributed by atoms with Crippen molar-refractivity contribution in [2.45, 2.75) is 6.42 Å². The Hall–Kier alpha value is -2.83. The number of carbonyl (C=O) groups is 1. The van der Waals surface area contributed by atoms with Crippen molar-refractivity contribution in [3.05, 3.63) is 53.6 Å². The maximum Gasteiger partial charge on any atom is 0.319 e. The number of benzene rings is 2. The lowest BCUT2D eigenvalue weighted by Crippen LogP contribution is -2.30. The first-order valence-electron chi connectivity index (χ1n) is 7.50. The van der Waals surface area contributed by atoms with Crippen LogP contribution >= 0.6 is 0 Å². The summed E-state index contributed by atoms with van der Waals surface area (Å²) in [4.78, 5) is 11.7. The fourth-order valence-corrected chi connectivity index (χ4v) is 2.31. The molecule has 0 aromatic heterocycles. The van der Waals surface area contributed by atoms with Crippen molar-refractivity contribution in [3.8, 4) is 11.5 Å². The van der Waals surface area contributed by atoms with Crippen molar-refractivity contribution in [2.75, 3.05) is 25.1 Å². The van der Waals surface area contributed by atoms with Crippen LogP contribution in [0, 0.1) is 11.6 Å². The predicted octanol–water partition coefficient (Wildman–Crippen LogP) is 3.10. The van der Waals surface area contributed by atoms with E-state index in [-0.39, 0.29) is 5.69 Å². The van der Waals surface area contributed by atoms with Crippen LogP contribution in [0.25, 0.3) is 0 Å². The number of rotatable bonds is 4. The molecule has 24 heavy (non-hydrogen) atoms. The molecule has 2 amide bonds. The number of carbonyl (C=O) groups excluding carboxylic acids is 1. The molecule has 0 bridgehead atoms. The molecule has 0 fully saturated rings. The molecule has 1 aliphatic heterocycles. The number of hydrogen-bond donors (Lipinski definition) is 2. The molecular weight excluding hydrogens is 318 g/mol. The molecule has 0 saturated heterocycles. The molecule has 0 spiro atoms. The van der Waals surface area contributed by atoms with E-state index in [0.717, 1.165) is 17.7 Å². The number of urea groups is 1. The minimum absolute atomic E-state index is 0.186. The summed E-state index contributed by atoms with van der Waals surface area (Å²) in [6.07, 6.45) is 0.599. The highest BCUT2D eigenvalue weighted by molar-refractivity contribution is 5.89. The Labute approximate surface area is 137 Å². The van der Waals surface area contributed by atoms with Crippen LogP contribution in [0.3, 0.4) is 0 Å². The molecular formula is C17H16F2N2O3. The van der Waals surface area contributed by atoms with Gasteiger partial charge in [-0.05, 0) is 36.2 Å². The van der Waals surface area contributed by atoms with Gasteiger partial charge >= 0.3 is 6.03 Å². The molecule has 1 heterocycles. The number of nitrogens with one attached hydrogen (secondary N) is 2. The van der Waals surface area contributed by atoms with E-state index in [1.54, 1.807) is 0 Å². The Bertz CT molecular complexity index is 753. The molecule has 1 aliphatic rings. The van der Waals surface area contributed by atoms with Crippen LogP contribution < -0.4 is 20.1 Å². The zero-order valence-corrected chi connectivity index (χ0v) is 12.8. The first-order valence-corrected chi connectivity index (χ1v) is 7.50. The van der Waals surface area contributed by atoms with Crippen molar-refractivity contribution in [2.24, 2.45) is 0 Å². The highest BCUT2D eigenvalue weighted by atomic mass is 19.2. The topological polar surface area (TPSA) is 59.6 Å². The number of fused-ring (bicyclic) bond motifs is 1. The number of hydrogen-bond acceptors (Lipinski definition) is 3. The lowest BCUT2D eigenvalue weighted by atomic mass is 10.1. The summed E-state index contributed by atoms with van der Waals surface area (Å²) in [7, 11) is 0. The van der Waals surface area contributed by atoms with Crippen LogP contribution in [0.15, 0.2) is 36.4 Å².